The molecule has 2 aromatic heterocycles. The maximum absolute atomic E-state index is 12.9. The fraction of sp³-hybridized carbons (Fsp3) is 0.208. The number of hydrogen-bond donors (Lipinski definition) is 0. The Hall–Kier alpha value is -3.45. The number of hydrogen-bond acceptors (Lipinski definition) is 6. The second kappa shape index (κ2) is 9.57. The van der Waals surface area contributed by atoms with Crippen LogP contribution in [0.15, 0.2) is 66.0 Å². The second-order valence-corrected chi connectivity index (χ2v) is 7.92. The van der Waals surface area contributed by atoms with Crippen molar-refractivity contribution < 1.29 is 9.47 Å². The van der Waals surface area contributed by atoms with Crippen molar-refractivity contribution in [1.29, 1.82) is 0 Å². The summed E-state index contributed by atoms with van der Waals surface area (Å²) >= 11 is 1.32. The zero-order chi connectivity index (χ0) is 21.6. The quantitative estimate of drug-likeness (QED) is 0.294. The van der Waals surface area contributed by atoms with E-state index in [1.165, 1.54) is 15.9 Å². The number of unbranched alkanes of at least 4 members (excludes halogenated alkanes) is 1. The topological polar surface area (TPSA) is 65.7 Å². The zero-order valence-electron chi connectivity index (χ0n) is 17.3. The van der Waals surface area contributed by atoms with Crippen LogP contribution in [-0.4, -0.2) is 27.8 Å². The molecule has 0 fully saturated rings. The normalized spacial score (nSPS) is 11.7. The fourth-order valence-corrected chi connectivity index (χ4v) is 3.91. The van der Waals surface area contributed by atoms with Gasteiger partial charge in [-0.05, 0) is 42.8 Å². The summed E-state index contributed by atoms with van der Waals surface area (Å²) in [6.45, 7) is 6.86. The monoisotopic (exact) mass is 433 g/mol. The number of nitrogens with zero attached hydrogens (tertiary/aromatic N) is 3. The number of thiazole rings is 1. The van der Waals surface area contributed by atoms with E-state index < -0.39 is 0 Å². The average Bonchev–Trinajstić information content (AvgIpc) is 3.33. The summed E-state index contributed by atoms with van der Waals surface area (Å²) in [6.07, 6.45) is 5.59. The van der Waals surface area contributed by atoms with Crippen LogP contribution in [0.2, 0.25) is 0 Å². The highest BCUT2D eigenvalue weighted by Gasteiger charge is 2.12. The van der Waals surface area contributed by atoms with Crippen molar-refractivity contribution in [3.63, 3.8) is 0 Å². The molecule has 158 valence electrons. The number of para-hydroxylation sites is 1. The first-order chi connectivity index (χ1) is 15.2. The van der Waals surface area contributed by atoms with Crippen molar-refractivity contribution in [2.75, 3.05) is 13.2 Å². The van der Waals surface area contributed by atoms with Gasteiger partial charge >= 0.3 is 0 Å². The Morgan fingerprint density at radius 1 is 1.13 bits per heavy atom. The molecular weight excluding hydrogens is 410 g/mol. The number of ether oxygens (including phenoxy) is 2. The van der Waals surface area contributed by atoms with Gasteiger partial charge < -0.3 is 9.47 Å². The van der Waals surface area contributed by atoms with E-state index in [4.69, 9.17) is 9.47 Å². The first-order valence-electron chi connectivity index (χ1n) is 10.2. The maximum atomic E-state index is 12.9. The summed E-state index contributed by atoms with van der Waals surface area (Å²) in [5.74, 6) is 2.02. The first-order valence-corrected chi connectivity index (χ1v) is 11.0. The molecule has 0 saturated heterocycles. The highest BCUT2D eigenvalue weighted by atomic mass is 32.1. The predicted molar refractivity (Wildman–Crippen MR) is 124 cm³/mol. The molecule has 0 N–H and O–H groups in total. The molecule has 2 aromatic carbocycles. The summed E-state index contributed by atoms with van der Waals surface area (Å²) in [7, 11) is 0. The predicted octanol–water partition coefficient (Wildman–Crippen LogP) is 4.11. The van der Waals surface area contributed by atoms with Crippen molar-refractivity contribution in [1.82, 2.24) is 14.6 Å². The van der Waals surface area contributed by atoms with E-state index >= 15 is 0 Å². The SMILES string of the molecule is C=CCOc1ccc(-c2nc3s/c(=C/c4ccccc4OCCCC)c(=O)n3n2)cc1. The molecule has 0 radical (unpaired) electrons. The molecule has 0 aliphatic carbocycles. The van der Waals surface area contributed by atoms with E-state index in [9.17, 15) is 4.79 Å². The second-order valence-electron chi connectivity index (χ2n) is 6.91. The Morgan fingerprint density at radius 3 is 2.68 bits per heavy atom. The molecule has 2 heterocycles. The van der Waals surface area contributed by atoms with Crippen LogP contribution in [-0.2, 0) is 0 Å². The third-order valence-corrected chi connectivity index (χ3v) is 5.58. The molecule has 4 aromatic rings. The summed E-state index contributed by atoms with van der Waals surface area (Å²) in [5, 5.41) is 4.41. The van der Waals surface area contributed by atoms with Gasteiger partial charge in [-0.25, -0.2) is 0 Å². The number of benzene rings is 2. The lowest BCUT2D eigenvalue weighted by atomic mass is 10.2. The van der Waals surface area contributed by atoms with Gasteiger partial charge in [0.15, 0.2) is 5.82 Å². The van der Waals surface area contributed by atoms with Gasteiger partial charge in [-0.1, -0.05) is 55.5 Å². The molecule has 4 rings (SSSR count). The molecule has 0 saturated carbocycles. The molecule has 0 aliphatic rings. The van der Waals surface area contributed by atoms with Crippen LogP contribution < -0.4 is 19.6 Å². The molecule has 0 atom stereocenters. The Kier molecular flexibility index (Phi) is 6.43. The average molecular weight is 434 g/mol. The van der Waals surface area contributed by atoms with Crippen LogP contribution in [0, 0.1) is 0 Å². The maximum Gasteiger partial charge on any atom is 0.291 e. The zero-order valence-corrected chi connectivity index (χ0v) is 18.1. The lowest BCUT2D eigenvalue weighted by molar-refractivity contribution is 0.309. The van der Waals surface area contributed by atoms with E-state index in [1.54, 1.807) is 6.08 Å². The molecular formula is C24H23N3O3S. The Labute approximate surface area is 184 Å². The molecule has 7 heteroatoms. The van der Waals surface area contributed by atoms with Crippen molar-refractivity contribution in [3.8, 4) is 22.9 Å². The van der Waals surface area contributed by atoms with Crippen LogP contribution in [0.3, 0.4) is 0 Å². The van der Waals surface area contributed by atoms with Crippen molar-refractivity contribution >= 4 is 22.4 Å². The van der Waals surface area contributed by atoms with E-state index in [-0.39, 0.29) is 5.56 Å². The third kappa shape index (κ3) is 4.67. The summed E-state index contributed by atoms with van der Waals surface area (Å²) in [4.78, 5) is 18.0. The Bertz CT molecular complexity index is 1290. The fourth-order valence-electron chi connectivity index (χ4n) is 3.01. The summed E-state index contributed by atoms with van der Waals surface area (Å²) in [6, 6.07) is 15.2. The van der Waals surface area contributed by atoms with Gasteiger partial charge in [0.1, 0.15) is 18.1 Å². The van der Waals surface area contributed by atoms with Crippen LogP contribution in [0.25, 0.3) is 22.4 Å². The number of fused-ring (bicyclic) bond motifs is 1. The highest BCUT2D eigenvalue weighted by Crippen LogP contribution is 2.21. The highest BCUT2D eigenvalue weighted by molar-refractivity contribution is 7.15. The van der Waals surface area contributed by atoms with E-state index in [2.05, 4.69) is 23.6 Å². The summed E-state index contributed by atoms with van der Waals surface area (Å²) in [5.41, 5.74) is 1.50. The minimum Gasteiger partial charge on any atom is -0.493 e. The minimum atomic E-state index is -0.187. The van der Waals surface area contributed by atoms with Gasteiger partial charge in [0.25, 0.3) is 5.56 Å². The largest absolute Gasteiger partial charge is 0.493 e. The lowest BCUT2D eigenvalue weighted by Gasteiger charge is -2.07. The third-order valence-electron chi connectivity index (χ3n) is 4.62. The molecule has 31 heavy (non-hydrogen) atoms. The molecule has 0 amide bonds. The van der Waals surface area contributed by atoms with Gasteiger partial charge in [-0.2, -0.15) is 9.50 Å². The number of aromatic nitrogens is 3. The molecule has 0 spiro atoms. The van der Waals surface area contributed by atoms with Crippen LogP contribution >= 0.6 is 11.3 Å². The molecule has 6 nitrogen and oxygen atoms in total. The van der Waals surface area contributed by atoms with E-state index in [0.29, 0.717) is 28.5 Å². The van der Waals surface area contributed by atoms with Crippen LogP contribution in [0.5, 0.6) is 11.5 Å². The van der Waals surface area contributed by atoms with Crippen LogP contribution in [0.1, 0.15) is 25.3 Å². The van der Waals surface area contributed by atoms with Crippen molar-refractivity contribution in [3.05, 3.63) is 81.6 Å². The van der Waals surface area contributed by atoms with Crippen molar-refractivity contribution in [2.45, 2.75) is 19.8 Å². The lowest BCUT2D eigenvalue weighted by Crippen LogP contribution is -2.23. The van der Waals surface area contributed by atoms with E-state index in [1.807, 2.05) is 54.6 Å². The first kappa shape index (κ1) is 20.8. The Morgan fingerprint density at radius 2 is 1.94 bits per heavy atom. The van der Waals surface area contributed by atoms with Crippen molar-refractivity contribution in [2.24, 2.45) is 0 Å². The van der Waals surface area contributed by atoms with Crippen LogP contribution in [0.4, 0.5) is 0 Å². The summed E-state index contributed by atoms with van der Waals surface area (Å²) < 4.78 is 13.3. The van der Waals surface area contributed by atoms with Gasteiger partial charge in [0.2, 0.25) is 4.96 Å². The minimum absolute atomic E-state index is 0.187. The molecule has 0 aliphatic heterocycles. The number of rotatable bonds is 9. The smallest absolute Gasteiger partial charge is 0.291 e. The standard InChI is InChI=1S/C24H23N3O3S/c1-3-5-15-30-20-9-7-6-8-18(20)16-21-23(28)27-24(31-21)25-22(26-27)17-10-12-19(13-11-17)29-14-4-2/h4,6-13,16H,2-3,5,14-15H2,1H3/b21-16+. The molecule has 0 bridgehead atoms. The van der Waals surface area contributed by atoms with Gasteiger partial charge in [-0.15, -0.1) is 5.10 Å². The van der Waals surface area contributed by atoms with Gasteiger partial charge in [-0.3, -0.25) is 4.79 Å². The van der Waals surface area contributed by atoms with Gasteiger partial charge in [0.05, 0.1) is 11.1 Å². The van der Waals surface area contributed by atoms with Gasteiger partial charge in [0, 0.05) is 11.1 Å². The Balaban J connectivity index is 1.63. The molecule has 0 unspecified atom stereocenters. The van der Waals surface area contributed by atoms with E-state index in [0.717, 1.165) is 35.5 Å².